The molecule has 0 radical (unpaired) electrons. The standard InChI is InChI=1S/C21H22N4O/c26-21(20-16-24(23-22-20)15-18-10-5-2-6-11-18)25-13-7-12-19(25)14-17-8-3-1-4-9-17/h1-6,8-11,16,19H,7,12-15H2. The third-order valence-corrected chi connectivity index (χ3v) is 4.90. The Balaban J connectivity index is 1.45. The first-order valence-electron chi connectivity index (χ1n) is 9.08. The molecule has 1 aliphatic heterocycles. The number of rotatable bonds is 5. The van der Waals surface area contributed by atoms with E-state index in [1.165, 1.54) is 5.56 Å². The molecule has 0 spiro atoms. The van der Waals surface area contributed by atoms with Gasteiger partial charge in [-0.1, -0.05) is 65.9 Å². The van der Waals surface area contributed by atoms with E-state index in [0.717, 1.165) is 31.4 Å². The maximum atomic E-state index is 12.9. The number of carbonyl (C=O) groups is 1. The van der Waals surface area contributed by atoms with E-state index < -0.39 is 0 Å². The maximum Gasteiger partial charge on any atom is 0.276 e. The van der Waals surface area contributed by atoms with E-state index in [9.17, 15) is 4.79 Å². The first-order valence-corrected chi connectivity index (χ1v) is 9.08. The van der Waals surface area contributed by atoms with Crippen molar-refractivity contribution in [2.45, 2.75) is 31.8 Å². The van der Waals surface area contributed by atoms with Crippen LogP contribution in [0.15, 0.2) is 66.9 Å². The van der Waals surface area contributed by atoms with Gasteiger partial charge in [0.2, 0.25) is 0 Å². The SMILES string of the molecule is O=C(c1cn(Cc2ccccc2)nn1)N1CCCC1Cc1ccccc1. The predicted molar refractivity (Wildman–Crippen MR) is 99.8 cm³/mol. The molecule has 2 aromatic carbocycles. The summed E-state index contributed by atoms with van der Waals surface area (Å²) in [5.41, 5.74) is 2.84. The molecule has 132 valence electrons. The fourth-order valence-electron chi connectivity index (χ4n) is 3.59. The van der Waals surface area contributed by atoms with Crippen molar-refractivity contribution in [2.24, 2.45) is 0 Å². The molecule has 5 heteroatoms. The molecular weight excluding hydrogens is 324 g/mol. The number of likely N-dealkylation sites (tertiary alicyclic amines) is 1. The highest BCUT2D eigenvalue weighted by Crippen LogP contribution is 2.23. The number of benzene rings is 2. The molecule has 0 N–H and O–H groups in total. The van der Waals surface area contributed by atoms with E-state index in [4.69, 9.17) is 0 Å². The minimum atomic E-state index is -0.0113. The van der Waals surface area contributed by atoms with Crippen LogP contribution in [0.1, 0.15) is 34.5 Å². The van der Waals surface area contributed by atoms with Gasteiger partial charge in [-0.05, 0) is 30.4 Å². The van der Waals surface area contributed by atoms with Crippen molar-refractivity contribution < 1.29 is 4.79 Å². The molecule has 0 aliphatic carbocycles. The Morgan fingerprint density at radius 3 is 2.42 bits per heavy atom. The molecule has 0 saturated carbocycles. The summed E-state index contributed by atoms with van der Waals surface area (Å²) in [6.07, 6.45) is 4.73. The summed E-state index contributed by atoms with van der Waals surface area (Å²) in [7, 11) is 0. The summed E-state index contributed by atoms with van der Waals surface area (Å²) in [6.45, 7) is 1.41. The lowest BCUT2D eigenvalue weighted by Crippen LogP contribution is -2.37. The predicted octanol–water partition coefficient (Wildman–Crippen LogP) is 3.17. The highest BCUT2D eigenvalue weighted by molar-refractivity contribution is 5.92. The van der Waals surface area contributed by atoms with Crippen LogP contribution in [0.5, 0.6) is 0 Å². The molecule has 1 unspecified atom stereocenters. The Bertz CT molecular complexity index is 860. The van der Waals surface area contributed by atoms with E-state index in [1.54, 1.807) is 10.9 Å². The van der Waals surface area contributed by atoms with Crippen molar-refractivity contribution in [2.75, 3.05) is 6.54 Å². The van der Waals surface area contributed by atoms with E-state index in [-0.39, 0.29) is 11.9 Å². The van der Waals surface area contributed by atoms with E-state index >= 15 is 0 Å². The van der Waals surface area contributed by atoms with E-state index in [0.29, 0.717) is 12.2 Å². The van der Waals surface area contributed by atoms with Gasteiger partial charge in [0.15, 0.2) is 5.69 Å². The highest BCUT2D eigenvalue weighted by atomic mass is 16.2. The second-order valence-corrected chi connectivity index (χ2v) is 6.77. The number of aromatic nitrogens is 3. The summed E-state index contributed by atoms with van der Waals surface area (Å²) < 4.78 is 1.73. The lowest BCUT2D eigenvalue weighted by Gasteiger charge is -2.23. The minimum absolute atomic E-state index is 0.0113. The van der Waals surface area contributed by atoms with Crippen molar-refractivity contribution in [3.63, 3.8) is 0 Å². The number of amides is 1. The van der Waals surface area contributed by atoms with Gasteiger partial charge in [-0.2, -0.15) is 0 Å². The third kappa shape index (κ3) is 3.67. The minimum Gasteiger partial charge on any atom is -0.334 e. The van der Waals surface area contributed by atoms with Crippen molar-refractivity contribution in [3.05, 3.63) is 83.7 Å². The van der Waals surface area contributed by atoms with Crippen LogP contribution in [0.2, 0.25) is 0 Å². The van der Waals surface area contributed by atoms with Crippen LogP contribution in [0.25, 0.3) is 0 Å². The largest absolute Gasteiger partial charge is 0.334 e. The molecule has 1 saturated heterocycles. The smallest absolute Gasteiger partial charge is 0.276 e. The number of hydrogen-bond donors (Lipinski definition) is 0. The van der Waals surface area contributed by atoms with Gasteiger partial charge in [0.1, 0.15) is 0 Å². The van der Waals surface area contributed by atoms with Crippen molar-refractivity contribution in [1.29, 1.82) is 0 Å². The van der Waals surface area contributed by atoms with Crippen LogP contribution >= 0.6 is 0 Å². The molecule has 1 aliphatic rings. The molecular formula is C21H22N4O. The van der Waals surface area contributed by atoms with Gasteiger partial charge in [-0.3, -0.25) is 4.79 Å². The Morgan fingerprint density at radius 1 is 1.00 bits per heavy atom. The van der Waals surface area contributed by atoms with Gasteiger partial charge in [-0.15, -0.1) is 5.10 Å². The first kappa shape index (κ1) is 16.5. The fraction of sp³-hybridized carbons (Fsp3) is 0.286. The van der Waals surface area contributed by atoms with Crippen LogP contribution < -0.4 is 0 Å². The van der Waals surface area contributed by atoms with Crippen LogP contribution in [0.4, 0.5) is 0 Å². The van der Waals surface area contributed by atoms with Gasteiger partial charge in [0.25, 0.3) is 5.91 Å². The second-order valence-electron chi connectivity index (χ2n) is 6.77. The van der Waals surface area contributed by atoms with Crippen molar-refractivity contribution in [1.82, 2.24) is 19.9 Å². The number of carbonyl (C=O) groups excluding carboxylic acids is 1. The van der Waals surface area contributed by atoms with Crippen molar-refractivity contribution in [3.8, 4) is 0 Å². The van der Waals surface area contributed by atoms with E-state index in [1.807, 2.05) is 53.4 Å². The van der Waals surface area contributed by atoms with Crippen molar-refractivity contribution >= 4 is 5.91 Å². The normalized spacial score (nSPS) is 16.8. The number of nitrogens with zero attached hydrogens (tertiary/aromatic N) is 4. The zero-order valence-electron chi connectivity index (χ0n) is 14.7. The molecule has 0 bridgehead atoms. The van der Waals surface area contributed by atoms with Crippen LogP contribution in [-0.2, 0) is 13.0 Å². The Kier molecular flexibility index (Phi) is 4.78. The molecule has 3 aromatic rings. The Hall–Kier alpha value is -2.95. The quantitative estimate of drug-likeness (QED) is 0.713. The van der Waals surface area contributed by atoms with Crippen LogP contribution in [-0.4, -0.2) is 38.4 Å². The summed E-state index contributed by atoms with van der Waals surface area (Å²) in [4.78, 5) is 14.9. The van der Waals surface area contributed by atoms with Gasteiger partial charge in [0, 0.05) is 12.6 Å². The zero-order valence-corrected chi connectivity index (χ0v) is 14.7. The molecule has 1 amide bonds. The molecule has 1 aromatic heterocycles. The average Bonchev–Trinajstić information content (AvgIpc) is 3.33. The Labute approximate surface area is 153 Å². The lowest BCUT2D eigenvalue weighted by atomic mass is 10.0. The van der Waals surface area contributed by atoms with Crippen LogP contribution in [0.3, 0.4) is 0 Å². The maximum absolute atomic E-state index is 12.9. The average molecular weight is 346 g/mol. The summed E-state index contributed by atoms with van der Waals surface area (Å²) in [5, 5.41) is 8.25. The van der Waals surface area contributed by atoms with E-state index in [2.05, 4.69) is 22.4 Å². The molecule has 1 atom stereocenters. The van der Waals surface area contributed by atoms with Crippen LogP contribution in [0, 0.1) is 0 Å². The van der Waals surface area contributed by atoms with Gasteiger partial charge in [0.05, 0.1) is 12.7 Å². The Morgan fingerprint density at radius 2 is 1.69 bits per heavy atom. The molecule has 5 nitrogen and oxygen atoms in total. The molecule has 2 heterocycles. The summed E-state index contributed by atoms with van der Waals surface area (Å²) in [5.74, 6) is -0.0113. The summed E-state index contributed by atoms with van der Waals surface area (Å²) in [6, 6.07) is 20.7. The second kappa shape index (κ2) is 7.52. The topological polar surface area (TPSA) is 51.0 Å². The zero-order chi connectivity index (χ0) is 17.8. The lowest BCUT2D eigenvalue weighted by molar-refractivity contribution is 0.0730. The molecule has 4 rings (SSSR count). The highest BCUT2D eigenvalue weighted by Gasteiger charge is 2.30. The summed E-state index contributed by atoms with van der Waals surface area (Å²) >= 11 is 0. The number of hydrogen-bond acceptors (Lipinski definition) is 3. The first-order chi connectivity index (χ1) is 12.8. The monoisotopic (exact) mass is 346 g/mol. The van der Waals surface area contributed by atoms with Gasteiger partial charge < -0.3 is 4.90 Å². The third-order valence-electron chi connectivity index (χ3n) is 4.90. The van der Waals surface area contributed by atoms with Gasteiger partial charge in [-0.25, -0.2) is 4.68 Å². The fourth-order valence-corrected chi connectivity index (χ4v) is 3.59. The molecule has 26 heavy (non-hydrogen) atoms. The van der Waals surface area contributed by atoms with Gasteiger partial charge >= 0.3 is 0 Å². The molecule has 1 fully saturated rings.